The summed E-state index contributed by atoms with van der Waals surface area (Å²) in [6.45, 7) is 7.51. The van der Waals surface area contributed by atoms with E-state index in [0.29, 0.717) is 6.29 Å². The summed E-state index contributed by atoms with van der Waals surface area (Å²) in [6.07, 6.45) is 25.6. The first kappa shape index (κ1) is 35.3. The third-order valence-corrected chi connectivity index (χ3v) is 7.30. The molecule has 0 bridgehead atoms. The SMILES string of the molecule is C=C(C=O)NOS(=O)(=O)CC(C)CCCCCCCCCCCCCCCCCCCC.[NaH]. The normalized spacial score (nSPS) is 12.2. The Kier molecular flexibility index (Phi) is 27.0. The molecule has 0 radical (unpaired) electrons. The van der Waals surface area contributed by atoms with Crippen LogP contribution in [0.4, 0.5) is 0 Å². The summed E-state index contributed by atoms with van der Waals surface area (Å²) >= 11 is 0. The summed E-state index contributed by atoms with van der Waals surface area (Å²) in [5, 5.41) is 0. The fourth-order valence-corrected chi connectivity index (χ4v) is 5.17. The Morgan fingerprint density at radius 2 is 1.15 bits per heavy atom. The first-order valence-corrected chi connectivity index (χ1v) is 14.8. The van der Waals surface area contributed by atoms with Gasteiger partial charge in [-0.3, -0.25) is 4.79 Å². The molecular weight excluding hydrogens is 445 g/mol. The fourth-order valence-electron chi connectivity index (χ4n) is 4.00. The maximum atomic E-state index is 11.8. The molecule has 0 fully saturated rings. The van der Waals surface area contributed by atoms with Gasteiger partial charge >= 0.3 is 29.6 Å². The summed E-state index contributed by atoms with van der Waals surface area (Å²) < 4.78 is 28.2. The Balaban J connectivity index is 0. The van der Waals surface area contributed by atoms with Crippen molar-refractivity contribution >= 4 is 46.0 Å². The molecule has 0 aromatic heterocycles. The van der Waals surface area contributed by atoms with Crippen molar-refractivity contribution in [1.29, 1.82) is 0 Å². The first-order chi connectivity index (χ1) is 15.4. The minimum atomic E-state index is -3.69. The van der Waals surface area contributed by atoms with Crippen molar-refractivity contribution in [2.45, 2.75) is 136 Å². The zero-order valence-electron chi connectivity index (χ0n) is 21.0. The van der Waals surface area contributed by atoms with Crippen molar-refractivity contribution < 1.29 is 17.5 Å². The van der Waals surface area contributed by atoms with E-state index in [9.17, 15) is 13.2 Å². The molecule has 0 amide bonds. The Bertz CT molecular complexity index is 554. The molecule has 5 nitrogen and oxygen atoms in total. The molecule has 0 aliphatic carbocycles. The van der Waals surface area contributed by atoms with Crippen LogP contribution in [0.3, 0.4) is 0 Å². The van der Waals surface area contributed by atoms with Gasteiger partial charge in [0.2, 0.25) is 0 Å². The molecule has 0 spiro atoms. The van der Waals surface area contributed by atoms with E-state index in [4.69, 9.17) is 0 Å². The van der Waals surface area contributed by atoms with E-state index in [2.05, 4.69) is 23.3 Å². The molecule has 0 aliphatic rings. The number of carbonyl (C=O) groups is 1. The first-order valence-electron chi connectivity index (χ1n) is 13.2. The summed E-state index contributed by atoms with van der Waals surface area (Å²) in [7, 11) is -3.69. The van der Waals surface area contributed by atoms with E-state index >= 15 is 0 Å². The molecule has 0 aromatic carbocycles. The van der Waals surface area contributed by atoms with Crippen molar-refractivity contribution in [3.05, 3.63) is 12.3 Å². The van der Waals surface area contributed by atoms with E-state index in [1.165, 1.54) is 103 Å². The Hall–Kier alpha value is 0.120. The molecule has 1 N–H and O–H groups in total. The second-order valence-electron chi connectivity index (χ2n) is 9.46. The topological polar surface area (TPSA) is 72.5 Å². The van der Waals surface area contributed by atoms with Crippen LogP contribution >= 0.6 is 0 Å². The van der Waals surface area contributed by atoms with Crippen molar-refractivity contribution in [3.8, 4) is 0 Å². The summed E-state index contributed by atoms with van der Waals surface area (Å²) in [6, 6.07) is 0. The molecule has 1 unspecified atom stereocenters. The summed E-state index contributed by atoms with van der Waals surface area (Å²) in [5.74, 6) is -0.0159. The second kappa shape index (κ2) is 25.2. The Morgan fingerprint density at radius 3 is 1.52 bits per heavy atom. The van der Waals surface area contributed by atoms with Gasteiger partial charge in [0.1, 0.15) is 0 Å². The predicted octanol–water partition coefficient (Wildman–Crippen LogP) is 6.97. The van der Waals surface area contributed by atoms with E-state index < -0.39 is 10.1 Å². The third kappa shape index (κ3) is 26.6. The van der Waals surface area contributed by atoms with E-state index in [0.717, 1.165) is 19.3 Å². The molecule has 7 heteroatoms. The molecule has 0 aliphatic heterocycles. The van der Waals surface area contributed by atoms with Crippen LogP contribution in [0, 0.1) is 5.92 Å². The average molecular weight is 498 g/mol. The summed E-state index contributed by atoms with van der Waals surface area (Å²) in [5.41, 5.74) is 1.95. The van der Waals surface area contributed by atoms with Crippen LogP contribution < -0.4 is 5.48 Å². The average Bonchev–Trinajstić information content (AvgIpc) is 2.76. The third-order valence-electron chi connectivity index (χ3n) is 5.98. The van der Waals surface area contributed by atoms with Gasteiger partial charge in [0.25, 0.3) is 10.1 Å². The number of hydrogen-bond acceptors (Lipinski definition) is 5. The Morgan fingerprint density at radius 1 is 0.788 bits per heavy atom. The van der Waals surface area contributed by atoms with Gasteiger partial charge in [-0.2, -0.15) is 12.7 Å². The van der Waals surface area contributed by atoms with E-state index in [1.807, 2.05) is 6.92 Å². The molecule has 0 saturated carbocycles. The van der Waals surface area contributed by atoms with Crippen molar-refractivity contribution in [2.75, 3.05) is 5.75 Å². The van der Waals surface area contributed by atoms with Gasteiger partial charge in [-0.1, -0.05) is 136 Å². The van der Waals surface area contributed by atoms with Crippen LogP contribution in [-0.2, 0) is 19.2 Å². The van der Waals surface area contributed by atoms with Crippen LogP contribution in [-0.4, -0.2) is 50.0 Å². The van der Waals surface area contributed by atoms with Crippen LogP contribution in [0.1, 0.15) is 136 Å². The van der Waals surface area contributed by atoms with Crippen LogP contribution in [0.15, 0.2) is 12.3 Å². The number of hydroxylamine groups is 1. The molecule has 1 atom stereocenters. The van der Waals surface area contributed by atoms with Gasteiger partial charge in [0, 0.05) is 0 Å². The number of allylic oxidation sites excluding steroid dienone is 1. The molecule has 0 rings (SSSR count). The zero-order valence-corrected chi connectivity index (χ0v) is 21.9. The monoisotopic (exact) mass is 497 g/mol. The molecule has 0 saturated heterocycles. The second-order valence-corrected chi connectivity index (χ2v) is 11.1. The standard InChI is InChI=1S/C26H51NO4S.Na.H/c1-4-5-6-7-8-9-10-11-12-13-14-15-16-17-18-19-20-21-22-25(2)24-32(29,30)31-27-26(3)23-28;;/h23,25,27H,3-22,24H2,1-2H3;;. The van der Waals surface area contributed by atoms with Gasteiger partial charge in [-0.15, -0.1) is 0 Å². The van der Waals surface area contributed by atoms with E-state index in [1.54, 1.807) is 0 Å². The van der Waals surface area contributed by atoms with Gasteiger partial charge in [0.15, 0.2) is 6.29 Å². The molecule has 192 valence electrons. The van der Waals surface area contributed by atoms with Gasteiger partial charge in [0.05, 0.1) is 11.4 Å². The quantitative estimate of drug-likeness (QED) is 0.0485. The van der Waals surface area contributed by atoms with Crippen molar-refractivity contribution in [2.24, 2.45) is 5.92 Å². The number of unbranched alkanes of at least 4 members (excludes halogenated alkanes) is 17. The van der Waals surface area contributed by atoms with Crippen LogP contribution in [0.5, 0.6) is 0 Å². The number of hydrogen-bond donors (Lipinski definition) is 1. The number of nitrogens with one attached hydrogen (secondary N) is 1. The van der Waals surface area contributed by atoms with Crippen LogP contribution in [0.2, 0.25) is 0 Å². The molecule has 0 aromatic rings. The molecule has 33 heavy (non-hydrogen) atoms. The van der Waals surface area contributed by atoms with E-state index in [-0.39, 0.29) is 46.9 Å². The molecule has 0 heterocycles. The van der Waals surface area contributed by atoms with Crippen LogP contribution in [0.25, 0.3) is 0 Å². The van der Waals surface area contributed by atoms with Crippen molar-refractivity contribution in [1.82, 2.24) is 5.48 Å². The number of aldehydes is 1. The maximum absolute atomic E-state index is 11.8. The number of rotatable bonds is 25. The minimum absolute atomic E-state index is 0. The van der Waals surface area contributed by atoms with Gasteiger partial charge in [-0.25, -0.2) is 5.48 Å². The number of carbonyl (C=O) groups excluding carboxylic acids is 1. The Labute approximate surface area is 227 Å². The fraction of sp³-hybridized carbons (Fsp3) is 0.885. The van der Waals surface area contributed by atoms with Crippen molar-refractivity contribution in [3.63, 3.8) is 0 Å². The molecular formula is C26H52NNaO4S. The summed E-state index contributed by atoms with van der Waals surface area (Å²) in [4.78, 5) is 10.4. The zero-order chi connectivity index (χ0) is 23.9. The van der Waals surface area contributed by atoms with Gasteiger partial charge < -0.3 is 0 Å². The van der Waals surface area contributed by atoms with Gasteiger partial charge in [-0.05, 0) is 12.3 Å². The predicted molar refractivity (Wildman–Crippen MR) is 143 cm³/mol.